The van der Waals surface area contributed by atoms with E-state index in [9.17, 15) is 0 Å². The lowest BCUT2D eigenvalue weighted by atomic mass is 10.1. The highest BCUT2D eigenvalue weighted by molar-refractivity contribution is 5.57. The first-order valence-electron chi connectivity index (χ1n) is 8.96. The molecule has 0 bridgehead atoms. The van der Waals surface area contributed by atoms with E-state index in [2.05, 4.69) is 51.8 Å². The number of anilines is 3. The zero-order valence-corrected chi connectivity index (χ0v) is 15.6. The number of aryl methyl sites for hydroxylation is 1. The van der Waals surface area contributed by atoms with Gasteiger partial charge in [0.15, 0.2) is 0 Å². The zero-order valence-electron chi connectivity index (χ0n) is 15.6. The molecule has 0 unspecified atom stereocenters. The molecular weight excluding hydrogens is 340 g/mol. The fourth-order valence-electron chi connectivity index (χ4n) is 2.49. The van der Waals surface area contributed by atoms with E-state index in [1.807, 2.05) is 30.3 Å². The minimum Gasteiger partial charge on any atom is -0.497 e. The van der Waals surface area contributed by atoms with Crippen LogP contribution in [0.2, 0.25) is 0 Å². The number of aromatic nitrogens is 2. The van der Waals surface area contributed by atoms with Crippen LogP contribution < -0.4 is 20.1 Å². The lowest BCUT2D eigenvalue weighted by molar-refractivity contribution is 0.331. The van der Waals surface area contributed by atoms with Crippen LogP contribution in [0, 0.1) is 0 Å². The average molecular weight is 364 g/mol. The molecule has 0 aliphatic carbocycles. The second-order valence-electron chi connectivity index (χ2n) is 5.89. The van der Waals surface area contributed by atoms with Crippen LogP contribution in [0.5, 0.6) is 11.5 Å². The van der Waals surface area contributed by atoms with Crippen molar-refractivity contribution in [2.24, 2.45) is 0 Å². The van der Waals surface area contributed by atoms with Crippen LogP contribution in [-0.4, -0.2) is 30.2 Å². The molecule has 2 aromatic carbocycles. The first-order valence-corrected chi connectivity index (χ1v) is 8.96. The summed E-state index contributed by atoms with van der Waals surface area (Å²) in [4.78, 5) is 8.71. The normalized spacial score (nSPS) is 10.3. The van der Waals surface area contributed by atoms with Gasteiger partial charge in [-0.3, -0.25) is 0 Å². The minimum absolute atomic E-state index is 0.506. The number of nitrogens with one attached hydrogen (secondary N) is 2. The van der Waals surface area contributed by atoms with Gasteiger partial charge < -0.3 is 20.1 Å². The monoisotopic (exact) mass is 364 g/mol. The van der Waals surface area contributed by atoms with E-state index < -0.39 is 0 Å². The molecule has 0 radical (unpaired) electrons. The topological polar surface area (TPSA) is 68.3 Å². The highest BCUT2D eigenvalue weighted by Crippen LogP contribution is 2.17. The molecule has 140 valence electrons. The lowest BCUT2D eigenvalue weighted by Crippen LogP contribution is -2.13. The standard InChI is InChI=1S/C21H24N4O2/c1-3-16-4-6-17(7-5-16)24-20-12-13-22-21(25-20)23-14-15-27-19-10-8-18(26-2)9-11-19/h4-13H,3,14-15H2,1-2H3,(H2,22,23,24,25). The van der Waals surface area contributed by atoms with Crippen molar-refractivity contribution in [1.82, 2.24) is 9.97 Å². The lowest BCUT2D eigenvalue weighted by Gasteiger charge is -2.10. The number of nitrogens with zero attached hydrogens (tertiary/aromatic N) is 2. The summed E-state index contributed by atoms with van der Waals surface area (Å²) in [6.45, 7) is 3.25. The highest BCUT2D eigenvalue weighted by atomic mass is 16.5. The second kappa shape index (κ2) is 9.43. The van der Waals surface area contributed by atoms with Crippen LogP contribution in [0.15, 0.2) is 60.8 Å². The van der Waals surface area contributed by atoms with E-state index in [0.29, 0.717) is 19.1 Å². The van der Waals surface area contributed by atoms with Crippen LogP contribution >= 0.6 is 0 Å². The van der Waals surface area contributed by atoms with Crippen molar-refractivity contribution < 1.29 is 9.47 Å². The van der Waals surface area contributed by atoms with Crippen LogP contribution in [0.3, 0.4) is 0 Å². The van der Waals surface area contributed by atoms with Gasteiger partial charge >= 0.3 is 0 Å². The van der Waals surface area contributed by atoms with Gasteiger partial charge in [0.1, 0.15) is 23.9 Å². The fourth-order valence-corrected chi connectivity index (χ4v) is 2.49. The molecule has 0 saturated heterocycles. The molecular formula is C21H24N4O2. The van der Waals surface area contributed by atoms with Crippen molar-refractivity contribution in [1.29, 1.82) is 0 Å². The molecule has 0 atom stereocenters. The fraction of sp³-hybridized carbons (Fsp3) is 0.238. The van der Waals surface area contributed by atoms with E-state index in [-0.39, 0.29) is 0 Å². The molecule has 3 rings (SSSR count). The number of hydrogen-bond acceptors (Lipinski definition) is 6. The summed E-state index contributed by atoms with van der Waals surface area (Å²) in [5.41, 5.74) is 2.31. The molecule has 0 saturated carbocycles. The molecule has 0 spiro atoms. The molecule has 0 aliphatic rings. The Balaban J connectivity index is 1.48. The van der Waals surface area contributed by atoms with E-state index in [4.69, 9.17) is 9.47 Å². The third-order valence-corrected chi connectivity index (χ3v) is 4.00. The van der Waals surface area contributed by atoms with Crippen molar-refractivity contribution in [3.05, 3.63) is 66.4 Å². The molecule has 0 fully saturated rings. The minimum atomic E-state index is 0.506. The molecule has 0 aliphatic heterocycles. The molecule has 6 nitrogen and oxygen atoms in total. The van der Waals surface area contributed by atoms with Gasteiger partial charge in [-0.15, -0.1) is 0 Å². The Hall–Kier alpha value is -3.28. The Bertz CT molecular complexity index is 836. The number of ether oxygens (including phenoxy) is 2. The molecule has 27 heavy (non-hydrogen) atoms. The Morgan fingerprint density at radius 1 is 0.926 bits per heavy atom. The summed E-state index contributed by atoms with van der Waals surface area (Å²) in [7, 11) is 1.64. The van der Waals surface area contributed by atoms with Gasteiger partial charge in [-0.1, -0.05) is 19.1 Å². The Labute approximate surface area is 159 Å². The Morgan fingerprint density at radius 2 is 1.67 bits per heavy atom. The highest BCUT2D eigenvalue weighted by Gasteiger charge is 2.01. The number of rotatable bonds is 9. The Kier molecular flexibility index (Phi) is 6.46. The van der Waals surface area contributed by atoms with Gasteiger partial charge in [0.25, 0.3) is 0 Å². The van der Waals surface area contributed by atoms with Gasteiger partial charge in [0.05, 0.1) is 13.7 Å². The Morgan fingerprint density at radius 3 is 2.37 bits per heavy atom. The van der Waals surface area contributed by atoms with E-state index in [1.54, 1.807) is 13.3 Å². The summed E-state index contributed by atoms with van der Waals surface area (Å²) in [6.07, 6.45) is 2.75. The predicted octanol–water partition coefficient (Wildman–Crippen LogP) is 4.28. The largest absolute Gasteiger partial charge is 0.497 e. The second-order valence-corrected chi connectivity index (χ2v) is 5.89. The summed E-state index contributed by atoms with van der Waals surface area (Å²) < 4.78 is 10.8. The van der Waals surface area contributed by atoms with Crippen molar-refractivity contribution in [3.8, 4) is 11.5 Å². The van der Waals surface area contributed by atoms with Gasteiger partial charge in [-0.05, 0) is 54.4 Å². The molecule has 3 aromatic rings. The number of benzene rings is 2. The van der Waals surface area contributed by atoms with Crippen molar-refractivity contribution >= 4 is 17.5 Å². The SMILES string of the molecule is CCc1ccc(Nc2ccnc(NCCOc3ccc(OC)cc3)n2)cc1. The quantitative estimate of drug-likeness (QED) is 0.552. The van der Waals surface area contributed by atoms with E-state index in [1.165, 1.54) is 5.56 Å². The van der Waals surface area contributed by atoms with E-state index >= 15 is 0 Å². The van der Waals surface area contributed by atoms with Crippen molar-refractivity contribution in [3.63, 3.8) is 0 Å². The van der Waals surface area contributed by atoms with Gasteiger partial charge in [-0.2, -0.15) is 4.98 Å². The molecule has 1 heterocycles. The molecule has 2 N–H and O–H groups in total. The van der Waals surface area contributed by atoms with Gasteiger partial charge in [0, 0.05) is 11.9 Å². The maximum absolute atomic E-state index is 5.69. The first-order chi connectivity index (χ1) is 13.3. The average Bonchev–Trinajstić information content (AvgIpc) is 2.72. The van der Waals surface area contributed by atoms with Crippen LogP contribution in [0.1, 0.15) is 12.5 Å². The van der Waals surface area contributed by atoms with E-state index in [0.717, 1.165) is 29.4 Å². The summed E-state index contributed by atoms with van der Waals surface area (Å²) >= 11 is 0. The molecule has 1 aromatic heterocycles. The maximum Gasteiger partial charge on any atom is 0.224 e. The first kappa shape index (κ1) is 18.5. The molecule has 6 heteroatoms. The zero-order chi connectivity index (χ0) is 18.9. The number of methoxy groups -OCH3 is 1. The molecule has 0 amide bonds. The van der Waals surface area contributed by atoms with Crippen molar-refractivity contribution in [2.45, 2.75) is 13.3 Å². The van der Waals surface area contributed by atoms with Crippen molar-refractivity contribution in [2.75, 3.05) is 30.9 Å². The third-order valence-electron chi connectivity index (χ3n) is 4.00. The van der Waals surface area contributed by atoms with Gasteiger partial charge in [0.2, 0.25) is 5.95 Å². The van der Waals surface area contributed by atoms with Crippen LogP contribution in [0.4, 0.5) is 17.5 Å². The van der Waals surface area contributed by atoms with Crippen LogP contribution in [-0.2, 0) is 6.42 Å². The summed E-state index contributed by atoms with van der Waals surface area (Å²) in [5.74, 6) is 2.91. The smallest absolute Gasteiger partial charge is 0.224 e. The maximum atomic E-state index is 5.69. The third kappa shape index (κ3) is 5.60. The van der Waals surface area contributed by atoms with Crippen LogP contribution in [0.25, 0.3) is 0 Å². The summed E-state index contributed by atoms with van der Waals surface area (Å²) in [6, 6.07) is 17.7. The predicted molar refractivity (Wildman–Crippen MR) is 108 cm³/mol. The number of hydrogen-bond donors (Lipinski definition) is 2. The van der Waals surface area contributed by atoms with Gasteiger partial charge in [-0.25, -0.2) is 4.98 Å². The summed E-state index contributed by atoms with van der Waals surface area (Å²) in [5, 5.41) is 6.46.